The number of nitrogens with zero attached hydrogens (tertiary/aromatic N) is 2. The monoisotopic (exact) mass is 648 g/mol. The molecule has 0 aliphatic carbocycles. The van der Waals surface area contributed by atoms with Gasteiger partial charge in [0.1, 0.15) is 10.9 Å². The summed E-state index contributed by atoms with van der Waals surface area (Å²) < 4.78 is 66.6. The van der Waals surface area contributed by atoms with Crippen molar-refractivity contribution < 1.29 is 36.0 Å². The minimum atomic E-state index is -4.78. The second kappa shape index (κ2) is 10.8. The van der Waals surface area contributed by atoms with Gasteiger partial charge in [0, 0.05) is 18.0 Å². The Labute approximate surface area is 251 Å². The van der Waals surface area contributed by atoms with Crippen molar-refractivity contribution in [3.63, 3.8) is 0 Å². The van der Waals surface area contributed by atoms with E-state index in [-0.39, 0.29) is 30.9 Å². The Hall–Kier alpha value is -2.68. The molecule has 0 spiro atoms. The molecule has 3 heterocycles. The molecule has 2 aliphatic heterocycles. The highest BCUT2D eigenvalue weighted by atomic mass is 35.5. The minimum absolute atomic E-state index is 0.127. The van der Waals surface area contributed by atoms with Crippen LogP contribution >= 0.6 is 22.9 Å². The van der Waals surface area contributed by atoms with Crippen molar-refractivity contribution in [1.29, 1.82) is 0 Å². The van der Waals surface area contributed by atoms with E-state index in [0.29, 0.717) is 17.0 Å². The minimum Gasteiger partial charge on any atom is -0.339 e. The van der Waals surface area contributed by atoms with Crippen LogP contribution in [0.3, 0.4) is 0 Å². The molecule has 4 rings (SSSR count). The summed E-state index contributed by atoms with van der Waals surface area (Å²) in [5, 5.41) is 2.47. The van der Waals surface area contributed by atoms with Crippen LogP contribution in [0.25, 0.3) is 0 Å². The fourth-order valence-corrected chi connectivity index (χ4v) is 7.57. The molecule has 1 aromatic carbocycles. The van der Waals surface area contributed by atoms with Gasteiger partial charge in [0.05, 0.1) is 33.6 Å². The first-order valence-electron chi connectivity index (χ1n) is 13.0. The maximum absolute atomic E-state index is 13.7. The number of likely N-dealkylation sites (tertiary alicyclic amines) is 2. The SMILES string of the molecule is Cc1cc(C(=O)N[C@H](C(=O)N2C[C@H]3N(C(=O)CNS(=O)(=O)c4cc(C(F)(F)F)ccc4Cl)CC32C)C(C)(C)C)sc1C. The molecule has 2 fully saturated rings. The molecule has 3 amide bonds. The van der Waals surface area contributed by atoms with Gasteiger partial charge in [0.15, 0.2) is 0 Å². The highest BCUT2D eigenvalue weighted by Gasteiger charge is 2.65. The standard InChI is InChI=1S/C27H32ClF3N4O5S2/c1-14-9-18(41-15(14)2)23(37)33-22(25(3,4)5)24(38)35-12-20-26(35,6)13-34(20)21(36)11-32-42(39,40)19-10-16(27(29,30)31)7-8-17(19)28/h7-10,20,22,32H,11-13H2,1-6H3,(H,33,37)/t20-,22-,26?/m1/s1. The average molecular weight is 649 g/mol. The predicted molar refractivity (Wildman–Crippen MR) is 152 cm³/mol. The summed E-state index contributed by atoms with van der Waals surface area (Å²) in [6.45, 7) is 10.8. The highest BCUT2D eigenvalue weighted by molar-refractivity contribution is 7.89. The van der Waals surface area contributed by atoms with Crippen molar-refractivity contribution in [2.45, 2.75) is 70.2 Å². The predicted octanol–water partition coefficient (Wildman–Crippen LogP) is 3.97. The first-order chi connectivity index (χ1) is 19.2. The lowest BCUT2D eigenvalue weighted by atomic mass is 9.70. The van der Waals surface area contributed by atoms with Gasteiger partial charge in [-0.05, 0) is 56.0 Å². The largest absolute Gasteiger partial charge is 0.416 e. The summed E-state index contributed by atoms with van der Waals surface area (Å²) in [7, 11) is -4.54. The lowest BCUT2D eigenvalue weighted by Gasteiger charge is -2.69. The number of halogens is 4. The molecule has 3 atom stereocenters. The number of sulfonamides is 1. The van der Waals surface area contributed by atoms with Crippen LogP contribution in [0.2, 0.25) is 5.02 Å². The van der Waals surface area contributed by atoms with Crippen LogP contribution in [0.15, 0.2) is 29.2 Å². The number of thiophene rings is 1. The summed E-state index contributed by atoms with van der Waals surface area (Å²) in [5.41, 5.74) is -1.53. The van der Waals surface area contributed by atoms with Crippen LogP contribution in [0.1, 0.15) is 53.4 Å². The summed E-state index contributed by atoms with van der Waals surface area (Å²) in [5.74, 6) is -1.22. The summed E-state index contributed by atoms with van der Waals surface area (Å²) >= 11 is 7.20. The van der Waals surface area contributed by atoms with Gasteiger partial charge < -0.3 is 15.1 Å². The number of nitrogens with one attached hydrogen (secondary N) is 2. The molecule has 230 valence electrons. The maximum atomic E-state index is 13.7. The number of piperazine rings is 1. The van der Waals surface area contributed by atoms with Crippen molar-refractivity contribution in [1.82, 2.24) is 19.8 Å². The van der Waals surface area contributed by atoms with Gasteiger partial charge >= 0.3 is 6.18 Å². The quantitative estimate of drug-likeness (QED) is 0.472. The zero-order valence-corrected chi connectivity index (χ0v) is 26.2. The molecule has 0 bridgehead atoms. The van der Waals surface area contributed by atoms with E-state index in [2.05, 4.69) is 5.32 Å². The normalized spacial score (nSPS) is 21.2. The van der Waals surface area contributed by atoms with Gasteiger partial charge in [-0.25, -0.2) is 13.1 Å². The van der Waals surface area contributed by atoms with Gasteiger partial charge in [0.2, 0.25) is 21.8 Å². The number of alkyl halides is 3. The van der Waals surface area contributed by atoms with Gasteiger partial charge in [-0.3, -0.25) is 14.4 Å². The van der Waals surface area contributed by atoms with Crippen LogP contribution in [-0.4, -0.2) is 73.2 Å². The molecule has 2 aromatic rings. The second-order valence-electron chi connectivity index (χ2n) is 11.9. The van der Waals surface area contributed by atoms with Crippen LogP contribution < -0.4 is 10.0 Å². The molecule has 2 N–H and O–H groups in total. The first kappa shape index (κ1) is 32.2. The molecule has 15 heteroatoms. The smallest absolute Gasteiger partial charge is 0.339 e. The number of benzene rings is 1. The summed E-state index contributed by atoms with van der Waals surface area (Å²) in [6, 6.07) is 2.48. The zero-order valence-electron chi connectivity index (χ0n) is 23.8. The molecular weight excluding hydrogens is 617 g/mol. The Morgan fingerprint density at radius 3 is 2.31 bits per heavy atom. The van der Waals surface area contributed by atoms with Gasteiger partial charge in [-0.1, -0.05) is 32.4 Å². The average Bonchev–Trinajstić information content (AvgIpc) is 3.21. The molecule has 2 aliphatic rings. The van der Waals surface area contributed by atoms with Crippen LogP contribution in [0.5, 0.6) is 0 Å². The van der Waals surface area contributed by atoms with Crippen LogP contribution in [0, 0.1) is 19.3 Å². The number of carbonyl (C=O) groups is 3. The number of fused-ring (bicyclic) bond motifs is 1. The van der Waals surface area contributed by atoms with Crippen molar-refractivity contribution in [3.05, 3.63) is 50.2 Å². The third kappa shape index (κ3) is 5.90. The topological polar surface area (TPSA) is 116 Å². The Morgan fingerprint density at radius 2 is 1.81 bits per heavy atom. The van der Waals surface area contributed by atoms with Crippen LogP contribution in [-0.2, 0) is 25.8 Å². The Morgan fingerprint density at radius 1 is 1.17 bits per heavy atom. The number of hydrogen-bond acceptors (Lipinski definition) is 6. The van der Waals surface area contributed by atoms with Gasteiger partial charge in [-0.15, -0.1) is 11.3 Å². The van der Waals surface area contributed by atoms with Crippen LogP contribution in [0.4, 0.5) is 13.2 Å². The zero-order chi connectivity index (χ0) is 31.6. The Kier molecular flexibility index (Phi) is 8.28. The Bertz CT molecular complexity index is 1530. The fourth-order valence-electron chi connectivity index (χ4n) is 5.13. The molecule has 0 saturated carbocycles. The summed E-state index contributed by atoms with van der Waals surface area (Å²) in [4.78, 5) is 43.3. The molecule has 9 nitrogen and oxygen atoms in total. The highest BCUT2D eigenvalue weighted by Crippen LogP contribution is 2.45. The first-order valence-corrected chi connectivity index (χ1v) is 15.7. The van der Waals surface area contributed by atoms with E-state index in [1.165, 1.54) is 16.2 Å². The lowest BCUT2D eigenvalue weighted by Crippen LogP contribution is -2.89. The molecule has 2 saturated heterocycles. The van der Waals surface area contributed by atoms with Crippen molar-refractivity contribution in [3.8, 4) is 0 Å². The molecular formula is C27H32ClF3N4O5S2. The Balaban J connectivity index is 1.40. The molecule has 1 aromatic heterocycles. The summed E-state index contributed by atoms with van der Waals surface area (Å²) in [6.07, 6.45) is -4.78. The number of hydrogen-bond donors (Lipinski definition) is 2. The van der Waals surface area contributed by atoms with Gasteiger partial charge in [0.25, 0.3) is 5.91 Å². The number of carbonyl (C=O) groups excluding carboxylic acids is 3. The number of amides is 3. The number of aryl methyl sites for hydroxylation is 2. The third-order valence-electron chi connectivity index (χ3n) is 7.88. The van der Waals surface area contributed by atoms with Crippen molar-refractivity contribution in [2.75, 3.05) is 19.6 Å². The second-order valence-corrected chi connectivity index (χ2v) is 15.3. The van der Waals surface area contributed by atoms with Crippen molar-refractivity contribution in [2.24, 2.45) is 5.41 Å². The molecule has 1 unspecified atom stereocenters. The number of rotatable bonds is 7. The van der Waals surface area contributed by atoms with E-state index in [1.54, 1.807) is 11.0 Å². The maximum Gasteiger partial charge on any atom is 0.416 e. The van der Waals surface area contributed by atoms with E-state index in [0.717, 1.165) is 16.5 Å². The van der Waals surface area contributed by atoms with Gasteiger partial charge in [-0.2, -0.15) is 13.2 Å². The van der Waals surface area contributed by atoms with E-state index >= 15 is 0 Å². The third-order valence-corrected chi connectivity index (χ3v) is 10.9. The lowest BCUT2D eigenvalue weighted by molar-refractivity contribution is -0.206. The fraction of sp³-hybridized carbons (Fsp3) is 0.519. The van der Waals surface area contributed by atoms with E-state index < -0.39 is 61.1 Å². The van der Waals surface area contributed by atoms with E-state index in [9.17, 15) is 36.0 Å². The van der Waals surface area contributed by atoms with E-state index in [4.69, 9.17) is 11.6 Å². The van der Waals surface area contributed by atoms with E-state index in [1.807, 2.05) is 46.3 Å². The molecule has 0 radical (unpaired) electrons. The van der Waals surface area contributed by atoms with Crippen molar-refractivity contribution >= 4 is 50.7 Å². The molecule has 42 heavy (non-hydrogen) atoms.